The van der Waals surface area contributed by atoms with Crippen molar-refractivity contribution in [3.8, 4) is 0 Å². The van der Waals surface area contributed by atoms with Crippen LogP contribution in [0.15, 0.2) is 60.3 Å². The van der Waals surface area contributed by atoms with Gasteiger partial charge in [0.2, 0.25) is 0 Å². The first-order valence-corrected chi connectivity index (χ1v) is 10.9. The predicted octanol–water partition coefficient (Wildman–Crippen LogP) is 6.62. The van der Waals surface area contributed by atoms with Crippen LogP contribution in [0.1, 0.15) is 27.8 Å². The van der Waals surface area contributed by atoms with E-state index in [0.29, 0.717) is 38.1 Å². The van der Waals surface area contributed by atoms with Crippen LogP contribution in [0.2, 0.25) is 10.0 Å². The van der Waals surface area contributed by atoms with E-state index in [0.717, 1.165) is 16.7 Å². The van der Waals surface area contributed by atoms with Gasteiger partial charge < -0.3 is 5.32 Å². The summed E-state index contributed by atoms with van der Waals surface area (Å²) in [4.78, 5) is 28.5. The summed E-state index contributed by atoms with van der Waals surface area (Å²) < 4.78 is 0. The molecule has 2 amide bonds. The average molecular weight is 465 g/mol. The number of nitrogens with one attached hydrogen (secondary N) is 1. The molecule has 3 aromatic rings. The van der Waals surface area contributed by atoms with Gasteiger partial charge >= 0.3 is 0 Å². The van der Waals surface area contributed by atoms with Gasteiger partial charge in [-0.25, -0.2) is 4.90 Å². The molecule has 0 spiro atoms. The normalized spacial score (nSPS) is 13.9. The van der Waals surface area contributed by atoms with Crippen molar-refractivity contribution in [1.29, 1.82) is 0 Å². The Morgan fingerprint density at radius 2 is 1.56 bits per heavy atom. The highest BCUT2D eigenvalue weighted by Gasteiger charge is 2.41. The van der Waals surface area contributed by atoms with Gasteiger partial charge in [0.1, 0.15) is 5.70 Å². The van der Waals surface area contributed by atoms with Gasteiger partial charge in [-0.05, 0) is 80.3 Å². The molecule has 1 heterocycles. The van der Waals surface area contributed by atoms with Crippen LogP contribution in [-0.4, -0.2) is 11.8 Å². The highest BCUT2D eigenvalue weighted by molar-refractivity contribution is 6.46. The lowest BCUT2D eigenvalue weighted by Crippen LogP contribution is -2.33. The molecule has 162 valence electrons. The van der Waals surface area contributed by atoms with E-state index in [4.69, 9.17) is 23.2 Å². The van der Waals surface area contributed by atoms with Crippen LogP contribution in [0.25, 0.3) is 5.57 Å². The number of aryl methyl sites for hydroxylation is 3. The molecule has 0 saturated heterocycles. The zero-order chi connectivity index (χ0) is 23.2. The molecule has 0 unspecified atom stereocenters. The summed E-state index contributed by atoms with van der Waals surface area (Å²) in [6.07, 6.45) is 0. The van der Waals surface area contributed by atoms with Gasteiger partial charge in [0, 0.05) is 15.7 Å². The number of hydrogen-bond acceptors (Lipinski definition) is 3. The Labute approximate surface area is 197 Å². The molecule has 4 nitrogen and oxygen atoms in total. The van der Waals surface area contributed by atoms with Gasteiger partial charge in [-0.2, -0.15) is 0 Å². The molecule has 0 radical (unpaired) electrons. The van der Waals surface area contributed by atoms with Crippen molar-refractivity contribution in [2.75, 3.05) is 10.2 Å². The highest BCUT2D eigenvalue weighted by atomic mass is 35.5. The number of anilines is 2. The van der Waals surface area contributed by atoms with Crippen LogP contribution in [0.4, 0.5) is 11.4 Å². The van der Waals surface area contributed by atoms with E-state index in [1.54, 1.807) is 43.3 Å². The fourth-order valence-electron chi connectivity index (χ4n) is 3.95. The van der Waals surface area contributed by atoms with Gasteiger partial charge in [0.15, 0.2) is 0 Å². The van der Waals surface area contributed by atoms with Crippen LogP contribution in [-0.2, 0) is 9.59 Å². The number of rotatable bonds is 4. The van der Waals surface area contributed by atoms with Gasteiger partial charge in [-0.15, -0.1) is 0 Å². The van der Waals surface area contributed by atoms with Crippen molar-refractivity contribution < 1.29 is 9.59 Å². The van der Waals surface area contributed by atoms with E-state index in [2.05, 4.69) is 5.32 Å². The second kappa shape index (κ2) is 8.45. The van der Waals surface area contributed by atoms with E-state index in [1.807, 2.05) is 39.0 Å². The first-order valence-electron chi connectivity index (χ1n) is 10.2. The maximum atomic E-state index is 13.7. The lowest BCUT2D eigenvalue weighted by atomic mass is 9.97. The first kappa shape index (κ1) is 22.1. The monoisotopic (exact) mass is 464 g/mol. The van der Waals surface area contributed by atoms with Crippen molar-refractivity contribution >= 4 is 52.0 Å². The van der Waals surface area contributed by atoms with Crippen LogP contribution in [0.5, 0.6) is 0 Å². The Bertz CT molecular complexity index is 1310. The fourth-order valence-corrected chi connectivity index (χ4v) is 4.34. The van der Waals surface area contributed by atoms with Crippen LogP contribution < -0.4 is 10.2 Å². The summed E-state index contributed by atoms with van der Waals surface area (Å²) in [6.45, 7) is 7.62. The topological polar surface area (TPSA) is 49.4 Å². The molecule has 1 aliphatic rings. The van der Waals surface area contributed by atoms with E-state index in [9.17, 15) is 9.59 Å². The third-order valence-electron chi connectivity index (χ3n) is 5.66. The van der Waals surface area contributed by atoms with Gasteiger partial charge in [0.05, 0.1) is 11.3 Å². The summed E-state index contributed by atoms with van der Waals surface area (Å²) in [5.74, 6) is -0.814. The third-order valence-corrected chi connectivity index (χ3v) is 6.31. The molecule has 1 N–H and O–H groups in total. The molecule has 4 rings (SSSR count). The van der Waals surface area contributed by atoms with Crippen molar-refractivity contribution in [2.24, 2.45) is 0 Å². The van der Waals surface area contributed by atoms with Crippen LogP contribution in [0, 0.1) is 27.7 Å². The van der Waals surface area contributed by atoms with Gasteiger partial charge in [-0.3, -0.25) is 9.59 Å². The van der Waals surface area contributed by atoms with Crippen molar-refractivity contribution in [1.82, 2.24) is 0 Å². The number of carbonyl (C=O) groups excluding carboxylic acids is 2. The SMILES string of the molecule is Cc1ccc(C2=C(Nc3ccc(Cl)cc3C)C(=O)N(c3cccc(Cl)c3C)C2=O)c(C)c1. The largest absolute Gasteiger partial charge is 0.350 e. The second-order valence-corrected chi connectivity index (χ2v) is 8.83. The minimum Gasteiger partial charge on any atom is -0.350 e. The molecular weight excluding hydrogens is 443 g/mol. The molecule has 0 atom stereocenters. The Balaban J connectivity index is 1.90. The number of amides is 2. The highest BCUT2D eigenvalue weighted by Crippen LogP contribution is 2.38. The zero-order valence-electron chi connectivity index (χ0n) is 18.2. The molecule has 0 bridgehead atoms. The van der Waals surface area contributed by atoms with E-state index < -0.39 is 5.91 Å². The number of carbonyl (C=O) groups is 2. The minimum absolute atomic E-state index is 0.228. The number of hydrogen-bond donors (Lipinski definition) is 1. The van der Waals surface area contributed by atoms with Crippen molar-refractivity contribution in [3.63, 3.8) is 0 Å². The second-order valence-electron chi connectivity index (χ2n) is 7.98. The summed E-state index contributed by atoms with van der Waals surface area (Å²) in [7, 11) is 0. The van der Waals surface area contributed by atoms with Crippen LogP contribution >= 0.6 is 23.2 Å². The Kier molecular flexibility index (Phi) is 5.85. The maximum absolute atomic E-state index is 13.7. The molecule has 0 saturated carbocycles. The number of imide groups is 1. The van der Waals surface area contributed by atoms with Gasteiger partial charge in [-0.1, -0.05) is 53.0 Å². The lowest BCUT2D eigenvalue weighted by molar-refractivity contribution is -0.120. The predicted molar refractivity (Wildman–Crippen MR) is 131 cm³/mol. The number of nitrogens with zero attached hydrogens (tertiary/aromatic N) is 1. The molecule has 0 aliphatic carbocycles. The zero-order valence-corrected chi connectivity index (χ0v) is 19.7. The van der Waals surface area contributed by atoms with E-state index >= 15 is 0 Å². The summed E-state index contributed by atoms with van der Waals surface area (Å²) in [6, 6.07) is 16.4. The van der Waals surface area contributed by atoms with Crippen molar-refractivity contribution in [2.45, 2.75) is 27.7 Å². The third kappa shape index (κ3) is 3.81. The summed E-state index contributed by atoms with van der Waals surface area (Å²) >= 11 is 12.4. The first-order chi connectivity index (χ1) is 15.2. The molecule has 0 aromatic heterocycles. The van der Waals surface area contributed by atoms with Crippen LogP contribution in [0.3, 0.4) is 0 Å². The summed E-state index contributed by atoms with van der Waals surface area (Å²) in [5, 5.41) is 4.31. The molecule has 0 fully saturated rings. The standard InChI is InChI=1S/C26H22Cl2N2O2/c1-14-8-10-19(15(2)12-14)23-24(29-21-11-9-18(27)13-16(21)3)26(32)30(25(23)31)22-7-5-6-20(28)17(22)4/h5-13,29H,1-4H3. The number of halogens is 2. The Morgan fingerprint density at radius 1 is 0.812 bits per heavy atom. The quantitative estimate of drug-likeness (QED) is 0.441. The Hall–Kier alpha value is -3.08. The lowest BCUT2D eigenvalue weighted by Gasteiger charge is -2.18. The molecule has 1 aliphatic heterocycles. The van der Waals surface area contributed by atoms with Crippen molar-refractivity contribution in [3.05, 3.63) is 98.2 Å². The number of benzene rings is 3. The molecule has 3 aromatic carbocycles. The van der Waals surface area contributed by atoms with E-state index in [1.165, 1.54) is 4.90 Å². The minimum atomic E-state index is -0.426. The Morgan fingerprint density at radius 3 is 2.25 bits per heavy atom. The van der Waals surface area contributed by atoms with E-state index in [-0.39, 0.29) is 11.6 Å². The molecular formula is C26H22Cl2N2O2. The smallest absolute Gasteiger partial charge is 0.282 e. The summed E-state index contributed by atoms with van der Waals surface area (Å²) in [5.41, 5.74) is 5.98. The molecule has 32 heavy (non-hydrogen) atoms. The average Bonchev–Trinajstić information content (AvgIpc) is 2.96. The maximum Gasteiger partial charge on any atom is 0.282 e. The van der Waals surface area contributed by atoms with Gasteiger partial charge in [0.25, 0.3) is 11.8 Å². The molecule has 6 heteroatoms. The fraction of sp³-hybridized carbons (Fsp3) is 0.154.